The van der Waals surface area contributed by atoms with Crippen molar-refractivity contribution in [2.24, 2.45) is 5.73 Å². The number of carbonyl (C=O) groups is 1. The van der Waals surface area contributed by atoms with E-state index < -0.39 is 17.5 Å². The van der Waals surface area contributed by atoms with Crippen LogP contribution in [0.3, 0.4) is 0 Å². The van der Waals surface area contributed by atoms with Crippen molar-refractivity contribution in [1.82, 2.24) is 24.9 Å². The lowest BCUT2D eigenvalue weighted by Gasteiger charge is -2.19. The third-order valence-electron chi connectivity index (χ3n) is 6.08. The predicted octanol–water partition coefficient (Wildman–Crippen LogP) is 5.19. The van der Waals surface area contributed by atoms with E-state index in [-0.39, 0.29) is 19.8 Å². The van der Waals surface area contributed by atoms with Crippen molar-refractivity contribution in [3.8, 4) is 28.3 Å². The Kier molecular flexibility index (Phi) is 8.43. The summed E-state index contributed by atoms with van der Waals surface area (Å²) in [6.45, 7) is 6.75. The molecule has 0 bridgehead atoms. The molecule has 41 heavy (non-hydrogen) atoms. The van der Waals surface area contributed by atoms with Crippen LogP contribution < -0.4 is 15.8 Å². The Bertz CT molecular complexity index is 1680. The van der Waals surface area contributed by atoms with Crippen LogP contribution in [-0.4, -0.2) is 57.6 Å². The Morgan fingerprint density at radius 1 is 1.07 bits per heavy atom. The molecule has 0 unspecified atom stereocenters. The molecule has 0 fully saturated rings. The molecule has 12 heteroatoms. The second-order valence-electron chi connectivity index (χ2n) is 10.2. The van der Waals surface area contributed by atoms with Gasteiger partial charge in [0.2, 0.25) is 0 Å². The van der Waals surface area contributed by atoms with Crippen molar-refractivity contribution in [2.45, 2.75) is 32.9 Å². The number of nitrogens with one attached hydrogen (secondary N) is 1. The van der Waals surface area contributed by atoms with E-state index in [2.05, 4.69) is 20.5 Å². The van der Waals surface area contributed by atoms with E-state index in [1.54, 1.807) is 33.0 Å². The second kappa shape index (κ2) is 12.2. The molecule has 0 radical (unpaired) electrons. The zero-order valence-electron chi connectivity index (χ0n) is 23.0. The minimum Gasteiger partial charge on any atom is -0.490 e. The summed E-state index contributed by atoms with van der Waals surface area (Å²) >= 11 is 1.52. The molecule has 5 aromatic rings. The number of halogens is 1. The first kappa shape index (κ1) is 28.4. The summed E-state index contributed by atoms with van der Waals surface area (Å²) in [6.07, 6.45) is 3.10. The normalized spacial score (nSPS) is 11.7. The van der Waals surface area contributed by atoms with Crippen molar-refractivity contribution in [3.05, 3.63) is 65.7 Å². The number of alkyl carbamates (subject to hydrolysis) is 1. The van der Waals surface area contributed by atoms with Gasteiger partial charge in [-0.2, -0.15) is 0 Å². The quantitative estimate of drug-likeness (QED) is 0.217. The highest BCUT2D eigenvalue weighted by Crippen LogP contribution is 2.40. The van der Waals surface area contributed by atoms with E-state index in [0.717, 1.165) is 27.0 Å². The minimum atomic E-state index is -0.566. The van der Waals surface area contributed by atoms with Crippen LogP contribution in [0, 0.1) is 5.82 Å². The molecule has 1 amide bonds. The summed E-state index contributed by atoms with van der Waals surface area (Å²) in [5, 5.41) is 14.7. The number of ether oxygens (including phenoxy) is 3. The van der Waals surface area contributed by atoms with Crippen LogP contribution >= 0.6 is 11.3 Å². The van der Waals surface area contributed by atoms with Gasteiger partial charge in [-0.1, -0.05) is 0 Å². The molecule has 10 nitrogen and oxygen atoms in total. The number of amides is 1. The van der Waals surface area contributed by atoms with Crippen LogP contribution in [-0.2, 0) is 16.0 Å². The zero-order chi connectivity index (χ0) is 29.0. The number of hydrogen-bond acceptors (Lipinski definition) is 9. The van der Waals surface area contributed by atoms with Gasteiger partial charge in [0, 0.05) is 53.8 Å². The maximum absolute atomic E-state index is 14.2. The van der Waals surface area contributed by atoms with Crippen molar-refractivity contribution >= 4 is 33.2 Å². The van der Waals surface area contributed by atoms with Gasteiger partial charge in [0.1, 0.15) is 40.8 Å². The smallest absolute Gasteiger partial charge is 0.407 e. The fraction of sp³-hybridized carbons (Fsp3) is 0.310. The highest BCUT2D eigenvalue weighted by Gasteiger charge is 2.20. The number of nitrogens with two attached hydrogens (primary N) is 1. The predicted molar refractivity (Wildman–Crippen MR) is 155 cm³/mol. The standard InChI is InChI=1S/C29H31FN6O4S/c1-29(2,3)40-28(37)33-10-12-38-13-14-39-23-16-18(30)4-6-20(23)25-26-21(8-15-41-26)24(34-35-25)22-7-5-19(17-31)36-11-9-32-27(22)36/h4-9,11,15-16H,10,12-14,17,31H2,1-3H3,(H,33,37). The number of imidazole rings is 1. The highest BCUT2D eigenvalue weighted by atomic mass is 32.1. The van der Waals surface area contributed by atoms with Crippen molar-refractivity contribution in [2.75, 3.05) is 26.4 Å². The van der Waals surface area contributed by atoms with Crippen molar-refractivity contribution in [3.63, 3.8) is 0 Å². The summed E-state index contributed by atoms with van der Waals surface area (Å²) < 4.78 is 33.7. The maximum Gasteiger partial charge on any atom is 0.407 e. The van der Waals surface area contributed by atoms with E-state index in [0.29, 0.717) is 35.8 Å². The van der Waals surface area contributed by atoms with Gasteiger partial charge in [0.05, 0.1) is 17.9 Å². The minimum absolute atomic E-state index is 0.174. The van der Waals surface area contributed by atoms with Crippen molar-refractivity contribution < 1.29 is 23.4 Å². The van der Waals surface area contributed by atoms with E-state index >= 15 is 0 Å². The summed E-state index contributed by atoms with van der Waals surface area (Å²) in [4.78, 5) is 16.2. The number of pyridine rings is 1. The van der Waals surface area contributed by atoms with Gasteiger partial charge in [-0.05, 0) is 56.5 Å². The maximum atomic E-state index is 14.2. The number of aromatic nitrogens is 4. The Hall–Kier alpha value is -4.13. The van der Waals surface area contributed by atoms with Gasteiger partial charge >= 0.3 is 6.09 Å². The van der Waals surface area contributed by atoms with Gasteiger partial charge in [0.15, 0.2) is 0 Å². The van der Waals surface area contributed by atoms with Crippen molar-refractivity contribution in [1.29, 1.82) is 0 Å². The van der Waals surface area contributed by atoms with Gasteiger partial charge in [-0.15, -0.1) is 21.5 Å². The lowest BCUT2D eigenvalue weighted by atomic mass is 10.1. The number of carbonyl (C=O) groups excluding carboxylic acids is 1. The Balaban J connectivity index is 1.31. The zero-order valence-corrected chi connectivity index (χ0v) is 23.8. The number of rotatable bonds is 10. The number of benzene rings is 1. The molecule has 0 saturated carbocycles. The first-order chi connectivity index (χ1) is 19.7. The summed E-state index contributed by atoms with van der Waals surface area (Å²) in [5.41, 5.74) is 9.76. The van der Waals surface area contributed by atoms with Gasteiger partial charge in [-0.3, -0.25) is 0 Å². The van der Waals surface area contributed by atoms with Crippen LogP contribution in [0.2, 0.25) is 0 Å². The molecule has 3 N–H and O–H groups in total. The Morgan fingerprint density at radius 3 is 2.68 bits per heavy atom. The molecule has 214 valence electrons. The van der Waals surface area contributed by atoms with Gasteiger partial charge < -0.3 is 29.7 Å². The van der Waals surface area contributed by atoms with Crippen LogP contribution in [0.15, 0.2) is 54.2 Å². The van der Waals surface area contributed by atoms with Crippen LogP contribution in [0.5, 0.6) is 5.75 Å². The van der Waals surface area contributed by atoms with Gasteiger partial charge in [0.25, 0.3) is 0 Å². The Morgan fingerprint density at radius 2 is 1.88 bits per heavy atom. The summed E-state index contributed by atoms with van der Waals surface area (Å²) in [6, 6.07) is 10.2. The molecule has 1 aromatic carbocycles. The van der Waals surface area contributed by atoms with Crippen LogP contribution in [0.4, 0.5) is 9.18 Å². The molecule has 0 aliphatic carbocycles. The molecular weight excluding hydrogens is 547 g/mol. The molecular formula is C29H31FN6O4S. The topological polar surface area (TPSA) is 126 Å². The number of fused-ring (bicyclic) bond motifs is 2. The second-order valence-corrected chi connectivity index (χ2v) is 11.1. The number of hydrogen-bond donors (Lipinski definition) is 2. The van der Waals surface area contributed by atoms with Crippen LogP contribution in [0.25, 0.3) is 38.2 Å². The van der Waals surface area contributed by atoms with E-state index in [9.17, 15) is 9.18 Å². The largest absolute Gasteiger partial charge is 0.490 e. The number of thiophene rings is 1. The molecule has 0 saturated heterocycles. The average molecular weight is 579 g/mol. The molecule has 4 heterocycles. The summed E-state index contributed by atoms with van der Waals surface area (Å²) in [7, 11) is 0. The highest BCUT2D eigenvalue weighted by molar-refractivity contribution is 7.17. The SMILES string of the molecule is CC(C)(C)OC(=O)NCCOCCOc1cc(F)ccc1-c1nnc(-c2ccc(CN)n3ccnc23)c2ccsc12. The van der Waals surface area contributed by atoms with E-state index in [1.165, 1.54) is 23.5 Å². The first-order valence-corrected chi connectivity index (χ1v) is 14.0. The number of nitrogens with zero attached hydrogens (tertiary/aromatic N) is 4. The lowest BCUT2D eigenvalue weighted by molar-refractivity contribution is 0.0489. The Labute approximate surface area is 240 Å². The van der Waals surface area contributed by atoms with E-state index in [1.807, 2.05) is 34.2 Å². The third kappa shape index (κ3) is 6.45. The molecule has 4 aromatic heterocycles. The molecule has 0 spiro atoms. The lowest BCUT2D eigenvalue weighted by Crippen LogP contribution is -2.34. The monoisotopic (exact) mass is 578 g/mol. The molecule has 0 atom stereocenters. The molecule has 0 aliphatic heterocycles. The fourth-order valence-corrected chi connectivity index (χ4v) is 5.23. The van der Waals surface area contributed by atoms with Gasteiger partial charge in [-0.25, -0.2) is 14.2 Å². The third-order valence-corrected chi connectivity index (χ3v) is 7.00. The summed E-state index contributed by atoms with van der Waals surface area (Å²) in [5.74, 6) is -0.0971. The average Bonchev–Trinajstić information content (AvgIpc) is 3.62. The molecule has 0 aliphatic rings. The van der Waals surface area contributed by atoms with E-state index in [4.69, 9.17) is 19.9 Å². The first-order valence-electron chi connectivity index (χ1n) is 13.1. The fourth-order valence-electron chi connectivity index (χ4n) is 4.34. The van der Waals surface area contributed by atoms with Crippen LogP contribution in [0.1, 0.15) is 26.5 Å². The molecule has 5 rings (SSSR count).